The Morgan fingerprint density at radius 2 is 2.00 bits per heavy atom. The number of amides is 2. The summed E-state index contributed by atoms with van der Waals surface area (Å²) in [7, 11) is 0. The van der Waals surface area contributed by atoms with Crippen molar-refractivity contribution in [2.45, 2.75) is 38.6 Å². The molecule has 0 unspecified atom stereocenters. The lowest BCUT2D eigenvalue weighted by Gasteiger charge is -2.33. The number of nitrogens with one attached hydrogen (secondary N) is 2. The number of piperidine rings is 1. The summed E-state index contributed by atoms with van der Waals surface area (Å²) in [5.41, 5.74) is 1.66. The molecule has 0 aromatic carbocycles. The molecule has 1 saturated heterocycles. The molecule has 1 atom stereocenters. The fourth-order valence-corrected chi connectivity index (χ4v) is 3.78. The van der Waals surface area contributed by atoms with E-state index in [1.807, 2.05) is 4.90 Å². The minimum atomic E-state index is -0.547. The monoisotopic (exact) mass is 360 g/mol. The number of aromatic nitrogens is 2. The van der Waals surface area contributed by atoms with Gasteiger partial charge in [0.15, 0.2) is 0 Å². The number of aromatic amines is 1. The lowest BCUT2D eigenvalue weighted by atomic mass is 9.93. The third-order valence-corrected chi connectivity index (χ3v) is 5.73. The number of rotatable bonds is 3. The van der Waals surface area contributed by atoms with Gasteiger partial charge in [-0.3, -0.25) is 9.59 Å². The molecule has 2 fully saturated rings. The molecule has 0 radical (unpaired) electrons. The first-order chi connectivity index (χ1) is 12.0. The first kappa shape index (κ1) is 16.4. The Morgan fingerprint density at radius 3 is 2.68 bits per heavy atom. The van der Waals surface area contributed by atoms with E-state index in [9.17, 15) is 9.59 Å². The number of fused-ring (bicyclic) bond motifs is 1. The van der Waals surface area contributed by atoms with Gasteiger partial charge in [0.2, 0.25) is 5.91 Å². The van der Waals surface area contributed by atoms with E-state index in [0.717, 1.165) is 36.8 Å². The molecule has 7 heteroatoms. The Hall–Kier alpha value is -2.08. The fourth-order valence-electron chi connectivity index (χ4n) is 3.62. The largest absolute Gasteiger partial charge is 0.349 e. The molecule has 2 aromatic rings. The Morgan fingerprint density at radius 1 is 1.28 bits per heavy atom. The molecule has 1 aliphatic carbocycles. The van der Waals surface area contributed by atoms with Gasteiger partial charge in [0.1, 0.15) is 16.9 Å². The summed E-state index contributed by atoms with van der Waals surface area (Å²) >= 11 is 5.87. The van der Waals surface area contributed by atoms with E-state index < -0.39 is 6.04 Å². The Labute approximate surface area is 150 Å². The van der Waals surface area contributed by atoms with Gasteiger partial charge in [0, 0.05) is 18.5 Å². The van der Waals surface area contributed by atoms with E-state index in [2.05, 4.69) is 15.3 Å². The third kappa shape index (κ3) is 3.23. The molecule has 1 aliphatic heterocycles. The summed E-state index contributed by atoms with van der Waals surface area (Å²) < 4.78 is 0. The standard InChI is InChI=1S/C18H21ClN4O2/c1-11(17(25)23-6-4-18(2-3-18)5-7-23)21-16(24)13-8-12-9-15(19)20-10-14(12)22-13/h8-11,22H,2-7H2,1H3,(H,21,24)/t11-/m0/s1. The number of hydrogen-bond acceptors (Lipinski definition) is 3. The molecular weight excluding hydrogens is 340 g/mol. The van der Waals surface area contributed by atoms with Crippen LogP contribution >= 0.6 is 11.6 Å². The summed E-state index contributed by atoms with van der Waals surface area (Å²) in [4.78, 5) is 33.9. The van der Waals surface area contributed by atoms with Crippen LogP contribution in [0.4, 0.5) is 0 Å². The average Bonchev–Trinajstić information content (AvgIpc) is 3.21. The molecule has 6 nitrogen and oxygen atoms in total. The van der Waals surface area contributed by atoms with Crippen LogP contribution in [0.2, 0.25) is 5.15 Å². The molecule has 0 bridgehead atoms. The van der Waals surface area contributed by atoms with E-state index in [0.29, 0.717) is 16.3 Å². The Balaban J connectivity index is 1.39. The maximum Gasteiger partial charge on any atom is 0.268 e. The Kier molecular flexibility index (Phi) is 3.95. The average molecular weight is 361 g/mol. The lowest BCUT2D eigenvalue weighted by Crippen LogP contribution is -2.49. The molecular formula is C18H21ClN4O2. The van der Waals surface area contributed by atoms with Crippen LogP contribution in [0.1, 0.15) is 43.1 Å². The van der Waals surface area contributed by atoms with Gasteiger partial charge >= 0.3 is 0 Å². The number of nitrogens with zero attached hydrogens (tertiary/aromatic N) is 2. The molecule has 1 saturated carbocycles. The summed E-state index contributed by atoms with van der Waals surface area (Å²) in [5.74, 6) is -0.312. The van der Waals surface area contributed by atoms with Crippen molar-refractivity contribution in [1.29, 1.82) is 0 Å². The van der Waals surface area contributed by atoms with Crippen LogP contribution in [0.25, 0.3) is 10.9 Å². The van der Waals surface area contributed by atoms with Gasteiger partial charge in [-0.2, -0.15) is 0 Å². The van der Waals surface area contributed by atoms with Crippen molar-refractivity contribution in [3.8, 4) is 0 Å². The first-order valence-electron chi connectivity index (χ1n) is 8.70. The number of carbonyl (C=O) groups excluding carboxylic acids is 2. The highest BCUT2D eigenvalue weighted by atomic mass is 35.5. The third-order valence-electron chi connectivity index (χ3n) is 5.53. The quantitative estimate of drug-likeness (QED) is 0.826. The minimum Gasteiger partial charge on any atom is -0.349 e. The second-order valence-electron chi connectivity index (χ2n) is 7.30. The second-order valence-corrected chi connectivity index (χ2v) is 7.68. The number of hydrogen-bond donors (Lipinski definition) is 2. The number of halogens is 1. The van der Waals surface area contributed by atoms with Gasteiger partial charge in [-0.15, -0.1) is 0 Å². The van der Waals surface area contributed by atoms with Crippen LogP contribution in [0, 0.1) is 5.41 Å². The number of H-pyrrole nitrogens is 1. The van der Waals surface area contributed by atoms with Crippen molar-refractivity contribution in [3.05, 3.63) is 29.2 Å². The number of pyridine rings is 1. The normalized spacial score (nSPS) is 19.8. The van der Waals surface area contributed by atoms with Gasteiger partial charge in [0.05, 0.1) is 11.7 Å². The number of likely N-dealkylation sites (tertiary alicyclic amines) is 1. The van der Waals surface area contributed by atoms with Crippen LogP contribution in [-0.2, 0) is 4.79 Å². The predicted octanol–water partition coefficient (Wildman–Crippen LogP) is 2.74. The highest BCUT2D eigenvalue weighted by molar-refractivity contribution is 6.30. The van der Waals surface area contributed by atoms with Gasteiger partial charge < -0.3 is 15.2 Å². The molecule has 2 aromatic heterocycles. The van der Waals surface area contributed by atoms with E-state index >= 15 is 0 Å². The van der Waals surface area contributed by atoms with Crippen molar-refractivity contribution < 1.29 is 9.59 Å². The zero-order valence-electron chi connectivity index (χ0n) is 14.1. The molecule has 2 N–H and O–H groups in total. The van der Waals surface area contributed by atoms with Crippen LogP contribution in [0.15, 0.2) is 18.3 Å². The van der Waals surface area contributed by atoms with Crippen LogP contribution in [0.5, 0.6) is 0 Å². The van der Waals surface area contributed by atoms with E-state index in [-0.39, 0.29) is 11.8 Å². The highest BCUT2D eigenvalue weighted by Crippen LogP contribution is 2.53. The molecule has 2 amide bonds. The molecule has 25 heavy (non-hydrogen) atoms. The molecule has 4 rings (SSSR count). The SMILES string of the molecule is C[C@H](NC(=O)c1cc2cc(Cl)ncc2[nH]1)C(=O)N1CCC2(CC1)CC2. The highest BCUT2D eigenvalue weighted by Gasteiger charge is 2.45. The van der Waals surface area contributed by atoms with Crippen molar-refractivity contribution in [2.75, 3.05) is 13.1 Å². The molecule has 1 spiro atoms. The summed E-state index contributed by atoms with van der Waals surface area (Å²) in [6.07, 6.45) is 6.38. The van der Waals surface area contributed by atoms with Crippen molar-refractivity contribution in [2.24, 2.45) is 5.41 Å². The van der Waals surface area contributed by atoms with Gasteiger partial charge in [0.25, 0.3) is 5.91 Å². The van der Waals surface area contributed by atoms with Gasteiger partial charge in [-0.25, -0.2) is 4.98 Å². The summed E-state index contributed by atoms with van der Waals surface area (Å²) in [5, 5.41) is 3.98. The van der Waals surface area contributed by atoms with Crippen molar-refractivity contribution in [3.63, 3.8) is 0 Å². The maximum atomic E-state index is 12.6. The summed E-state index contributed by atoms with van der Waals surface area (Å²) in [6.45, 7) is 3.34. The smallest absolute Gasteiger partial charge is 0.268 e. The summed E-state index contributed by atoms with van der Waals surface area (Å²) in [6, 6.07) is 2.86. The minimum absolute atomic E-state index is 0.00956. The molecule has 3 heterocycles. The Bertz CT molecular complexity index is 833. The van der Waals surface area contributed by atoms with E-state index in [4.69, 9.17) is 11.6 Å². The predicted molar refractivity (Wildman–Crippen MR) is 95.5 cm³/mol. The zero-order valence-corrected chi connectivity index (χ0v) is 14.9. The van der Waals surface area contributed by atoms with Crippen LogP contribution < -0.4 is 5.32 Å². The second kappa shape index (κ2) is 6.02. The lowest BCUT2D eigenvalue weighted by molar-refractivity contribution is -0.134. The van der Waals surface area contributed by atoms with Gasteiger partial charge in [-0.05, 0) is 50.2 Å². The topological polar surface area (TPSA) is 78.1 Å². The van der Waals surface area contributed by atoms with E-state index in [1.165, 1.54) is 12.8 Å². The zero-order chi connectivity index (χ0) is 17.6. The van der Waals surface area contributed by atoms with E-state index in [1.54, 1.807) is 25.3 Å². The van der Waals surface area contributed by atoms with Gasteiger partial charge in [-0.1, -0.05) is 11.6 Å². The number of carbonyl (C=O) groups is 2. The molecule has 2 aliphatic rings. The van der Waals surface area contributed by atoms with Crippen LogP contribution in [-0.4, -0.2) is 45.8 Å². The first-order valence-corrected chi connectivity index (χ1v) is 9.08. The maximum absolute atomic E-state index is 12.6. The molecule has 132 valence electrons. The van der Waals surface area contributed by atoms with Crippen molar-refractivity contribution in [1.82, 2.24) is 20.2 Å². The van der Waals surface area contributed by atoms with Crippen LogP contribution in [0.3, 0.4) is 0 Å². The van der Waals surface area contributed by atoms with Crippen molar-refractivity contribution >= 4 is 34.3 Å². The fraction of sp³-hybridized carbons (Fsp3) is 0.500.